The topological polar surface area (TPSA) is 108 Å². The van der Waals surface area contributed by atoms with Crippen molar-refractivity contribution >= 4 is 65.0 Å². The molecule has 0 rings (SSSR count). The summed E-state index contributed by atoms with van der Waals surface area (Å²) in [6.07, 6.45) is 4.45. The van der Waals surface area contributed by atoms with Crippen LogP contribution in [0, 0.1) is 5.92 Å². The molecule has 0 aliphatic rings. The standard InChI is InChI=1S/C24H50N4O4S2Si2/c1-9-10-15-36(7,8)17-28(23(32)21(24(33)34)26-19(3)29)27-20(30)16-18(2)22(31)25-13-11-12-14-35(4,5)6/h18,21,24,33-34H,9-17H2,1-8H3,(H,25,31)(H,26,29)(H,27,30)/t18-,21-/m1/s1. The van der Waals surface area contributed by atoms with E-state index < -0.39 is 44.5 Å². The largest absolute Gasteiger partial charge is 0.356 e. The molecule has 12 heteroatoms. The number of unbranched alkanes of at least 4 members (excludes halogenated alkanes) is 2. The lowest BCUT2D eigenvalue weighted by Gasteiger charge is -2.34. The van der Waals surface area contributed by atoms with Gasteiger partial charge in [0.05, 0.1) is 12.7 Å². The van der Waals surface area contributed by atoms with Crippen molar-refractivity contribution in [3.05, 3.63) is 0 Å². The van der Waals surface area contributed by atoms with Crippen molar-refractivity contribution in [3.63, 3.8) is 0 Å². The number of hydrogen-bond acceptors (Lipinski definition) is 6. The monoisotopic (exact) mass is 578 g/mol. The molecule has 2 atom stereocenters. The third-order valence-electron chi connectivity index (χ3n) is 5.83. The quantitative estimate of drug-likeness (QED) is 0.0631. The molecule has 0 saturated heterocycles. The van der Waals surface area contributed by atoms with Crippen LogP contribution in [-0.2, 0) is 19.2 Å². The summed E-state index contributed by atoms with van der Waals surface area (Å²) in [4.78, 5) is 50.4. The Labute approximate surface area is 231 Å². The maximum atomic E-state index is 13.3. The smallest absolute Gasteiger partial charge is 0.265 e. The molecule has 0 aliphatic carbocycles. The van der Waals surface area contributed by atoms with Crippen LogP contribution in [0.5, 0.6) is 0 Å². The van der Waals surface area contributed by atoms with Gasteiger partial charge < -0.3 is 10.6 Å². The number of nitrogens with one attached hydrogen (secondary N) is 3. The fourth-order valence-electron chi connectivity index (χ4n) is 3.72. The number of hydrazine groups is 1. The minimum atomic E-state index is -1.89. The molecular formula is C24H50N4O4S2Si2. The van der Waals surface area contributed by atoms with Crippen LogP contribution in [0.15, 0.2) is 0 Å². The molecule has 0 heterocycles. The third kappa shape index (κ3) is 16.0. The van der Waals surface area contributed by atoms with Crippen molar-refractivity contribution in [1.29, 1.82) is 0 Å². The zero-order valence-corrected chi connectivity index (χ0v) is 27.4. The van der Waals surface area contributed by atoms with Crippen molar-refractivity contribution in [2.75, 3.05) is 12.7 Å². The van der Waals surface area contributed by atoms with Crippen molar-refractivity contribution in [1.82, 2.24) is 21.1 Å². The van der Waals surface area contributed by atoms with Gasteiger partial charge in [-0.15, -0.1) is 0 Å². The minimum Gasteiger partial charge on any atom is -0.356 e. The van der Waals surface area contributed by atoms with E-state index >= 15 is 0 Å². The molecule has 36 heavy (non-hydrogen) atoms. The molecule has 0 aromatic heterocycles. The number of hydrogen-bond donors (Lipinski definition) is 5. The van der Waals surface area contributed by atoms with Crippen molar-refractivity contribution < 1.29 is 19.2 Å². The second-order valence-electron chi connectivity index (χ2n) is 11.7. The second kappa shape index (κ2) is 16.8. The molecule has 0 aromatic rings. The zero-order chi connectivity index (χ0) is 28.1. The summed E-state index contributed by atoms with van der Waals surface area (Å²) < 4.78 is -0.744. The fourth-order valence-corrected chi connectivity index (χ4v) is 7.99. The molecule has 0 spiro atoms. The Hall–Kier alpha value is -0.986. The van der Waals surface area contributed by atoms with Gasteiger partial charge in [-0.3, -0.25) is 29.6 Å². The van der Waals surface area contributed by atoms with E-state index in [9.17, 15) is 19.2 Å². The average Bonchev–Trinajstić information content (AvgIpc) is 2.73. The van der Waals surface area contributed by atoms with E-state index in [0.29, 0.717) is 12.7 Å². The summed E-state index contributed by atoms with van der Waals surface area (Å²) in [5.74, 6) is -1.97. The first-order valence-electron chi connectivity index (χ1n) is 13.0. The van der Waals surface area contributed by atoms with Gasteiger partial charge in [0.2, 0.25) is 17.7 Å². The fraction of sp³-hybridized carbons (Fsp3) is 0.833. The van der Waals surface area contributed by atoms with Crippen molar-refractivity contribution in [2.24, 2.45) is 5.92 Å². The number of carbonyl (C=O) groups is 4. The van der Waals surface area contributed by atoms with Crippen LogP contribution in [-0.4, -0.2) is 68.1 Å². The van der Waals surface area contributed by atoms with Crippen molar-refractivity contribution in [3.8, 4) is 0 Å². The van der Waals surface area contributed by atoms with Gasteiger partial charge in [-0.2, -0.15) is 25.3 Å². The summed E-state index contributed by atoms with van der Waals surface area (Å²) in [5.41, 5.74) is 2.72. The molecule has 8 nitrogen and oxygen atoms in total. The number of nitrogens with zero attached hydrogens (tertiary/aromatic N) is 1. The first-order valence-corrected chi connectivity index (χ1v) is 21.2. The molecule has 0 saturated carbocycles. The van der Waals surface area contributed by atoms with E-state index in [1.54, 1.807) is 6.92 Å². The maximum Gasteiger partial charge on any atom is 0.265 e. The predicted octanol–water partition coefficient (Wildman–Crippen LogP) is 3.85. The number of thiol groups is 2. The normalized spacial score (nSPS) is 13.6. The second-order valence-corrected chi connectivity index (χ2v) is 24.0. The van der Waals surface area contributed by atoms with Gasteiger partial charge in [0.1, 0.15) is 6.04 Å². The van der Waals surface area contributed by atoms with Crippen LogP contribution in [0.1, 0.15) is 52.9 Å². The summed E-state index contributed by atoms with van der Waals surface area (Å²) in [6.45, 7) is 17.1. The highest BCUT2D eigenvalue weighted by Crippen LogP contribution is 2.17. The van der Waals surface area contributed by atoms with Gasteiger partial charge >= 0.3 is 0 Å². The Morgan fingerprint density at radius 1 is 0.944 bits per heavy atom. The van der Waals surface area contributed by atoms with Gasteiger partial charge in [-0.25, -0.2) is 0 Å². The van der Waals surface area contributed by atoms with E-state index in [1.807, 2.05) is 0 Å². The van der Waals surface area contributed by atoms with Crippen LogP contribution < -0.4 is 16.1 Å². The minimum absolute atomic E-state index is 0.0442. The van der Waals surface area contributed by atoms with Gasteiger partial charge in [-0.1, -0.05) is 77.9 Å². The molecule has 3 N–H and O–H groups in total. The van der Waals surface area contributed by atoms with Crippen LogP contribution in [0.3, 0.4) is 0 Å². The predicted molar refractivity (Wildman–Crippen MR) is 161 cm³/mol. The summed E-state index contributed by atoms with van der Waals surface area (Å²) in [7, 11) is -2.97. The Morgan fingerprint density at radius 2 is 1.56 bits per heavy atom. The lowest BCUT2D eigenvalue weighted by atomic mass is 10.1. The number of carbonyl (C=O) groups excluding carboxylic acids is 4. The van der Waals surface area contributed by atoms with Gasteiger partial charge in [-0.05, 0) is 6.42 Å². The van der Waals surface area contributed by atoms with E-state index in [-0.39, 0.29) is 18.2 Å². The summed E-state index contributed by atoms with van der Waals surface area (Å²) in [6, 6.07) is 1.22. The van der Waals surface area contributed by atoms with Crippen LogP contribution >= 0.6 is 25.3 Å². The zero-order valence-electron chi connectivity index (χ0n) is 23.6. The van der Waals surface area contributed by atoms with Gasteiger partial charge in [0.25, 0.3) is 5.91 Å². The van der Waals surface area contributed by atoms with E-state index in [1.165, 1.54) is 18.0 Å². The molecule has 0 aliphatic heterocycles. The van der Waals surface area contributed by atoms with E-state index in [2.05, 4.69) is 81.0 Å². The molecule has 0 fully saturated rings. The molecular weight excluding hydrogens is 529 g/mol. The molecule has 0 radical (unpaired) electrons. The third-order valence-corrected chi connectivity index (χ3v) is 11.2. The Morgan fingerprint density at radius 3 is 2.06 bits per heavy atom. The maximum absolute atomic E-state index is 13.3. The average molecular weight is 579 g/mol. The van der Waals surface area contributed by atoms with Gasteiger partial charge in [0.15, 0.2) is 0 Å². The van der Waals surface area contributed by atoms with Crippen LogP contribution in [0.4, 0.5) is 0 Å². The molecule has 4 amide bonds. The number of rotatable bonds is 16. The summed E-state index contributed by atoms with van der Waals surface area (Å²) in [5, 5.41) is 6.82. The molecule has 0 aromatic carbocycles. The Kier molecular flexibility index (Phi) is 16.3. The van der Waals surface area contributed by atoms with E-state index in [0.717, 1.165) is 31.7 Å². The summed E-state index contributed by atoms with van der Waals surface area (Å²) >= 11 is 8.51. The van der Waals surface area contributed by atoms with Crippen LogP contribution in [0.2, 0.25) is 44.8 Å². The van der Waals surface area contributed by atoms with Crippen LogP contribution in [0.25, 0.3) is 0 Å². The number of amides is 4. The Balaban J connectivity index is 5.21. The Bertz CT molecular complexity index is 733. The first-order chi connectivity index (χ1) is 16.5. The van der Waals surface area contributed by atoms with E-state index in [4.69, 9.17) is 0 Å². The highest BCUT2D eigenvalue weighted by Gasteiger charge is 2.34. The first kappa shape index (κ1) is 35.0. The highest BCUT2D eigenvalue weighted by atomic mass is 32.2. The highest BCUT2D eigenvalue weighted by molar-refractivity contribution is 7.99. The molecule has 0 unspecified atom stereocenters. The lowest BCUT2D eigenvalue weighted by molar-refractivity contribution is -0.143. The molecule has 0 bridgehead atoms. The molecule has 210 valence electrons. The van der Waals surface area contributed by atoms with Crippen molar-refractivity contribution in [2.45, 2.75) is 108 Å². The SMILES string of the molecule is CCCC[Si](C)(C)CN(NC(=O)C[C@@H](C)C(=O)NCCCC[Si](C)(C)C)C(=O)[C@@H](NC(C)=O)C(S)S. The lowest BCUT2D eigenvalue weighted by Crippen LogP contribution is -2.60. The van der Waals surface area contributed by atoms with Gasteiger partial charge in [0, 0.05) is 40.0 Å².